The van der Waals surface area contributed by atoms with Crippen molar-refractivity contribution in [1.82, 2.24) is 0 Å². The summed E-state index contributed by atoms with van der Waals surface area (Å²) in [6.45, 7) is 5.17. The van der Waals surface area contributed by atoms with Crippen molar-refractivity contribution in [2.75, 3.05) is 19.5 Å². The van der Waals surface area contributed by atoms with Crippen LogP contribution in [0.4, 0.5) is 14.2 Å². The van der Waals surface area contributed by atoms with Gasteiger partial charge in [-0.1, -0.05) is 18.2 Å². The molecule has 0 radical (unpaired) electrons. The lowest BCUT2D eigenvalue weighted by Gasteiger charge is -2.19. The molecule has 34 heavy (non-hydrogen) atoms. The maximum atomic E-state index is 13.2. The maximum Gasteiger partial charge on any atom is 0.412 e. The lowest BCUT2D eigenvalue weighted by molar-refractivity contribution is 0.0475. The first kappa shape index (κ1) is 25.0. The molecule has 0 aliphatic heterocycles. The number of nitrogens with one attached hydrogen (secondary N) is 1. The first-order chi connectivity index (χ1) is 16.1. The highest BCUT2D eigenvalue weighted by Crippen LogP contribution is 2.40. The largest absolute Gasteiger partial charge is 0.493 e. The number of amides is 1. The molecule has 3 rings (SSSR count). The van der Waals surface area contributed by atoms with Crippen LogP contribution in [-0.2, 0) is 16.1 Å². The third-order valence-electron chi connectivity index (χ3n) is 4.59. The number of ether oxygens (including phenoxy) is 4. The number of anilines is 1. The first-order valence-corrected chi connectivity index (χ1v) is 11.2. The van der Waals surface area contributed by atoms with Gasteiger partial charge in [0.05, 0.1) is 14.2 Å². The van der Waals surface area contributed by atoms with Crippen LogP contribution in [0.3, 0.4) is 0 Å². The smallest absolute Gasteiger partial charge is 0.412 e. The van der Waals surface area contributed by atoms with Gasteiger partial charge < -0.3 is 18.9 Å². The topological polar surface area (TPSA) is 83.1 Å². The van der Waals surface area contributed by atoms with Crippen molar-refractivity contribution in [3.8, 4) is 22.6 Å². The minimum absolute atomic E-state index is 0.0633. The molecule has 9 heteroatoms. The van der Waals surface area contributed by atoms with Crippen molar-refractivity contribution in [3.05, 3.63) is 64.8 Å². The average molecular weight is 488 g/mol. The van der Waals surface area contributed by atoms with Gasteiger partial charge in [-0.25, -0.2) is 14.0 Å². The number of hydrogen-bond donors (Lipinski definition) is 1. The van der Waals surface area contributed by atoms with Crippen molar-refractivity contribution in [2.45, 2.75) is 33.0 Å². The molecule has 1 amide bonds. The number of hydrogen-bond acceptors (Lipinski definition) is 7. The fourth-order valence-electron chi connectivity index (χ4n) is 3.07. The summed E-state index contributed by atoms with van der Waals surface area (Å²) >= 11 is 1.17. The van der Waals surface area contributed by atoms with Crippen LogP contribution in [0.25, 0.3) is 11.1 Å². The molecule has 0 unspecified atom stereocenters. The summed E-state index contributed by atoms with van der Waals surface area (Å²) in [7, 11) is 3.05. The van der Waals surface area contributed by atoms with E-state index >= 15 is 0 Å². The Hall–Kier alpha value is -3.59. The van der Waals surface area contributed by atoms with Crippen molar-refractivity contribution in [3.63, 3.8) is 0 Å². The molecule has 0 saturated heterocycles. The summed E-state index contributed by atoms with van der Waals surface area (Å²) in [6.07, 6.45) is -0.694. The molecular formula is C25H26FNO6S. The Kier molecular flexibility index (Phi) is 7.78. The molecule has 0 fully saturated rings. The second-order valence-electron chi connectivity index (χ2n) is 8.25. The lowest BCUT2D eigenvalue weighted by Crippen LogP contribution is -2.27. The molecule has 1 aromatic heterocycles. The molecule has 7 nitrogen and oxygen atoms in total. The number of esters is 1. The van der Waals surface area contributed by atoms with Gasteiger partial charge >= 0.3 is 12.1 Å². The van der Waals surface area contributed by atoms with Gasteiger partial charge in [0.25, 0.3) is 0 Å². The fourth-order valence-corrected chi connectivity index (χ4v) is 4.01. The Morgan fingerprint density at radius 2 is 1.68 bits per heavy atom. The maximum absolute atomic E-state index is 13.2. The van der Waals surface area contributed by atoms with E-state index < -0.39 is 17.7 Å². The average Bonchev–Trinajstić information content (AvgIpc) is 3.20. The molecule has 0 spiro atoms. The number of thiophene rings is 1. The van der Waals surface area contributed by atoms with Gasteiger partial charge in [0, 0.05) is 10.9 Å². The van der Waals surface area contributed by atoms with E-state index in [-0.39, 0.29) is 23.0 Å². The fraction of sp³-hybridized carbons (Fsp3) is 0.280. The second-order valence-corrected chi connectivity index (χ2v) is 9.13. The Morgan fingerprint density at radius 3 is 2.29 bits per heavy atom. The van der Waals surface area contributed by atoms with Gasteiger partial charge in [0.1, 0.15) is 28.6 Å². The highest BCUT2D eigenvalue weighted by Gasteiger charge is 2.25. The number of carbonyl (C=O) groups is 2. The zero-order valence-corrected chi connectivity index (χ0v) is 20.4. The summed E-state index contributed by atoms with van der Waals surface area (Å²) in [5, 5.41) is 4.67. The molecule has 2 aromatic carbocycles. The van der Waals surface area contributed by atoms with E-state index in [1.807, 2.05) is 0 Å². The zero-order valence-electron chi connectivity index (χ0n) is 19.6. The van der Waals surface area contributed by atoms with Crippen LogP contribution < -0.4 is 14.8 Å². The molecule has 180 valence electrons. The number of methoxy groups -OCH3 is 2. The normalized spacial score (nSPS) is 11.0. The predicted molar refractivity (Wildman–Crippen MR) is 128 cm³/mol. The summed E-state index contributed by atoms with van der Waals surface area (Å²) in [4.78, 5) is 25.6. The van der Waals surface area contributed by atoms with Crippen molar-refractivity contribution < 1.29 is 32.9 Å². The van der Waals surface area contributed by atoms with E-state index in [1.165, 1.54) is 49.8 Å². The standard InChI is InChI=1S/C25H26FNO6S/c1-25(2,3)33-24(29)27-22-21(23(28)32-13-15-6-9-17(26)10-7-15)18(14-34-22)16-8-11-19(30-4)20(12-16)31-5/h6-12,14H,13H2,1-5H3,(H,27,29). The van der Waals surface area contributed by atoms with Gasteiger partial charge in [-0.15, -0.1) is 11.3 Å². The zero-order chi connectivity index (χ0) is 24.9. The molecule has 0 bridgehead atoms. The Balaban J connectivity index is 1.95. The molecule has 3 aromatic rings. The van der Waals surface area contributed by atoms with E-state index in [9.17, 15) is 14.0 Å². The van der Waals surface area contributed by atoms with Gasteiger partial charge in [-0.05, 0) is 56.2 Å². The highest BCUT2D eigenvalue weighted by molar-refractivity contribution is 7.15. The minimum atomic E-state index is -0.712. The molecule has 0 aliphatic carbocycles. The van der Waals surface area contributed by atoms with Crippen LogP contribution >= 0.6 is 11.3 Å². The molecule has 0 aliphatic rings. The highest BCUT2D eigenvalue weighted by atomic mass is 32.1. The van der Waals surface area contributed by atoms with E-state index in [2.05, 4.69) is 5.32 Å². The van der Waals surface area contributed by atoms with Crippen LogP contribution in [0.1, 0.15) is 36.7 Å². The lowest BCUT2D eigenvalue weighted by atomic mass is 10.0. The third-order valence-corrected chi connectivity index (χ3v) is 5.48. The van der Waals surface area contributed by atoms with Crippen LogP contribution in [0.15, 0.2) is 47.8 Å². The summed E-state index contributed by atoms with van der Waals surface area (Å²) in [5.74, 6) is -0.0126. The summed E-state index contributed by atoms with van der Waals surface area (Å²) in [5.41, 5.74) is 1.29. The van der Waals surface area contributed by atoms with Crippen molar-refractivity contribution in [1.29, 1.82) is 0 Å². The van der Waals surface area contributed by atoms with Gasteiger partial charge in [-0.3, -0.25) is 5.32 Å². The van der Waals surface area contributed by atoms with Crippen LogP contribution in [0.5, 0.6) is 11.5 Å². The number of benzene rings is 2. The van der Waals surface area contributed by atoms with Gasteiger partial charge in [-0.2, -0.15) is 0 Å². The molecule has 1 N–H and O–H groups in total. The SMILES string of the molecule is COc1ccc(-c2csc(NC(=O)OC(C)(C)C)c2C(=O)OCc2ccc(F)cc2)cc1OC. The van der Waals surface area contributed by atoms with E-state index in [0.717, 1.165) is 0 Å². The Bertz CT molecular complexity index is 1170. The summed E-state index contributed by atoms with van der Waals surface area (Å²) < 4.78 is 34.7. The number of rotatable bonds is 7. The van der Waals surface area contributed by atoms with Crippen LogP contribution in [0, 0.1) is 5.82 Å². The second kappa shape index (κ2) is 10.6. The number of carbonyl (C=O) groups excluding carboxylic acids is 2. The van der Waals surface area contributed by atoms with Crippen molar-refractivity contribution >= 4 is 28.4 Å². The van der Waals surface area contributed by atoms with E-state index in [1.54, 1.807) is 44.4 Å². The quantitative estimate of drug-likeness (QED) is 0.395. The third kappa shape index (κ3) is 6.26. The monoisotopic (exact) mass is 487 g/mol. The van der Waals surface area contributed by atoms with Crippen LogP contribution in [-0.4, -0.2) is 31.9 Å². The summed E-state index contributed by atoms with van der Waals surface area (Å²) in [6, 6.07) is 10.9. The van der Waals surface area contributed by atoms with Gasteiger partial charge in [0.15, 0.2) is 11.5 Å². The molecule has 0 saturated carbocycles. The first-order valence-electron chi connectivity index (χ1n) is 10.4. The molecular weight excluding hydrogens is 461 g/mol. The number of halogens is 1. The molecule has 0 atom stereocenters. The van der Waals surface area contributed by atoms with E-state index in [0.29, 0.717) is 28.2 Å². The van der Waals surface area contributed by atoms with Gasteiger partial charge in [0.2, 0.25) is 0 Å². The minimum Gasteiger partial charge on any atom is -0.493 e. The predicted octanol–water partition coefficient (Wildman–Crippen LogP) is 6.28. The van der Waals surface area contributed by atoms with Crippen LogP contribution in [0.2, 0.25) is 0 Å². The van der Waals surface area contributed by atoms with Crippen molar-refractivity contribution in [2.24, 2.45) is 0 Å². The Labute approximate surface area is 201 Å². The Morgan fingerprint density at radius 1 is 1.00 bits per heavy atom. The van der Waals surface area contributed by atoms with E-state index in [4.69, 9.17) is 18.9 Å². The molecule has 1 heterocycles.